The number of nitrogens with zero attached hydrogens (tertiary/aromatic N) is 2. The van der Waals surface area contributed by atoms with Crippen LogP contribution >= 0.6 is 0 Å². The Labute approximate surface area is 92.0 Å². The van der Waals surface area contributed by atoms with Crippen LogP contribution in [-0.2, 0) is 0 Å². The Bertz CT molecular complexity index is 173. The molecule has 70 valence electrons. The molecule has 0 fully saturated rings. The molecule has 1 heterocycles. The largest absolute Gasteiger partial charge is 1.00 e. The van der Waals surface area contributed by atoms with Crippen LogP contribution in [0.2, 0.25) is 0 Å². The molecule has 1 aliphatic heterocycles. The number of quaternary nitrogens is 1. The Morgan fingerprint density at radius 3 is 1.75 bits per heavy atom. The Hall–Kier alpha value is 0.100. The van der Waals surface area contributed by atoms with E-state index in [4.69, 9.17) is 0 Å². The van der Waals surface area contributed by atoms with Crippen LogP contribution in [0.5, 0.6) is 0 Å². The molecule has 12 heavy (non-hydrogen) atoms. The van der Waals surface area contributed by atoms with E-state index in [1.54, 1.807) is 0 Å². The highest BCUT2D eigenvalue weighted by Crippen LogP contribution is 2.21. The minimum absolute atomic E-state index is 0. The Kier molecular flexibility index (Phi) is 4.40. The van der Waals surface area contributed by atoms with Gasteiger partial charge in [-0.2, -0.15) is 0 Å². The lowest BCUT2D eigenvalue weighted by Gasteiger charge is -2.35. The third kappa shape index (κ3) is 1.88. The van der Waals surface area contributed by atoms with Gasteiger partial charge in [-0.25, -0.2) is 9.48 Å². The summed E-state index contributed by atoms with van der Waals surface area (Å²) in [5.41, 5.74) is 0. The van der Waals surface area contributed by atoms with E-state index in [1.165, 1.54) is 0 Å². The maximum absolute atomic E-state index is 4.15. The first-order chi connectivity index (χ1) is 5.09. The van der Waals surface area contributed by atoms with Crippen molar-refractivity contribution in [3.05, 3.63) is 12.4 Å². The van der Waals surface area contributed by atoms with Crippen LogP contribution in [-0.4, -0.2) is 22.9 Å². The summed E-state index contributed by atoms with van der Waals surface area (Å²) < 4.78 is 0.889. The first kappa shape index (κ1) is 12.1. The molecule has 1 rings (SSSR count). The van der Waals surface area contributed by atoms with E-state index in [0.29, 0.717) is 12.1 Å². The first-order valence-corrected chi connectivity index (χ1v) is 4.19. The molecule has 0 saturated heterocycles. The number of aliphatic imine (C=N–C) groups is 1. The van der Waals surface area contributed by atoms with Gasteiger partial charge in [0.05, 0.1) is 18.3 Å². The van der Waals surface area contributed by atoms with Crippen LogP contribution in [0.3, 0.4) is 0 Å². The second-order valence-corrected chi connectivity index (χ2v) is 3.64. The molecule has 3 heteroatoms. The minimum atomic E-state index is 0. The number of rotatable bonds is 2. The first-order valence-electron chi connectivity index (χ1n) is 4.19. The van der Waals surface area contributed by atoms with Crippen LogP contribution in [0.1, 0.15) is 27.7 Å². The van der Waals surface area contributed by atoms with Crippen molar-refractivity contribution in [1.29, 1.82) is 0 Å². The molecule has 0 aromatic carbocycles. The monoisotopic (exact) mass is 280 g/mol. The second-order valence-electron chi connectivity index (χ2n) is 3.64. The van der Waals surface area contributed by atoms with Crippen molar-refractivity contribution in [1.82, 2.24) is 0 Å². The molecule has 0 N–H and O–H groups in total. The summed E-state index contributed by atoms with van der Waals surface area (Å²) in [6.45, 7) is 8.90. The predicted molar refractivity (Wildman–Crippen MR) is 48.2 cm³/mol. The van der Waals surface area contributed by atoms with Gasteiger partial charge in [0.15, 0.2) is 6.34 Å². The third-order valence-corrected chi connectivity index (χ3v) is 2.47. The van der Waals surface area contributed by atoms with Gasteiger partial charge in [-0.3, -0.25) is 0 Å². The van der Waals surface area contributed by atoms with Gasteiger partial charge in [0.1, 0.15) is 6.20 Å². The van der Waals surface area contributed by atoms with Crippen molar-refractivity contribution in [2.45, 2.75) is 39.8 Å². The van der Waals surface area contributed by atoms with Crippen molar-refractivity contribution in [2.75, 3.05) is 0 Å². The second kappa shape index (κ2) is 4.37. The highest BCUT2D eigenvalue weighted by atomic mass is 127. The molecule has 0 aliphatic carbocycles. The van der Waals surface area contributed by atoms with Crippen molar-refractivity contribution in [2.24, 2.45) is 4.99 Å². The molecule has 0 amide bonds. The molecule has 0 bridgehead atoms. The standard InChI is InChI=1S/C9H17N2.HI/c1-8(2)11(9(3)4)6-5-10-7-11;/h5-9H,1-4H3;1H/q+1;/p-1. The lowest BCUT2D eigenvalue weighted by Crippen LogP contribution is -3.00. The van der Waals surface area contributed by atoms with Gasteiger partial charge in [0, 0.05) is 0 Å². The van der Waals surface area contributed by atoms with E-state index in [0.717, 1.165) is 4.48 Å². The lowest BCUT2D eigenvalue weighted by atomic mass is 10.2. The van der Waals surface area contributed by atoms with E-state index in [1.807, 2.05) is 12.5 Å². The molecule has 0 atom stereocenters. The summed E-state index contributed by atoms with van der Waals surface area (Å²) in [4.78, 5) is 4.15. The molecule has 0 aromatic heterocycles. The molecular weight excluding hydrogens is 263 g/mol. The minimum Gasteiger partial charge on any atom is -1.00 e. The zero-order chi connectivity index (χ0) is 8.48. The molecule has 0 saturated carbocycles. The van der Waals surface area contributed by atoms with Crippen molar-refractivity contribution < 1.29 is 28.5 Å². The van der Waals surface area contributed by atoms with Gasteiger partial charge < -0.3 is 24.0 Å². The summed E-state index contributed by atoms with van der Waals surface area (Å²) >= 11 is 0. The van der Waals surface area contributed by atoms with Crippen molar-refractivity contribution >= 4 is 6.34 Å². The maximum atomic E-state index is 4.15. The fraction of sp³-hybridized carbons (Fsp3) is 0.667. The SMILES string of the molecule is CC(C)[N+]1(C(C)C)C=CN=C1.[I-]. The molecular formula is C9H17IN2. The normalized spacial score (nSPS) is 18.8. The highest BCUT2D eigenvalue weighted by Gasteiger charge is 2.33. The topological polar surface area (TPSA) is 12.4 Å². The molecule has 2 nitrogen and oxygen atoms in total. The van der Waals surface area contributed by atoms with E-state index in [-0.39, 0.29) is 24.0 Å². The van der Waals surface area contributed by atoms with Crippen LogP contribution < -0.4 is 24.0 Å². The third-order valence-electron chi connectivity index (χ3n) is 2.47. The van der Waals surface area contributed by atoms with Gasteiger partial charge in [0.2, 0.25) is 0 Å². The van der Waals surface area contributed by atoms with Crippen molar-refractivity contribution in [3.8, 4) is 0 Å². The fourth-order valence-corrected chi connectivity index (χ4v) is 1.55. The summed E-state index contributed by atoms with van der Waals surface area (Å²) in [5, 5.41) is 0. The smallest absolute Gasteiger partial charge is 0.195 e. The zero-order valence-corrected chi connectivity index (χ0v) is 10.3. The van der Waals surface area contributed by atoms with Crippen molar-refractivity contribution in [3.63, 3.8) is 0 Å². The van der Waals surface area contributed by atoms with Gasteiger partial charge in [-0.1, -0.05) is 0 Å². The fourth-order valence-electron chi connectivity index (χ4n) is 1.55. The van der Waals surface area contributed by atoms with E-state index in [9.17, 15) is 0 Å². The lowest BCUT2D eigenvalue weighted by molar-refractivity contribution is -0.826. The highest BCUT2D eigenvalue weighted by molar-refractivity contribution is 5.51. The number of hydrogen-bond acceptors (Lipinski definition) is 1. The molecule has 0 spiro atoms. The van der Waals surface area contributed by atoms with Gasteiger partial charge >= 0.3 is 0 Å². The molecule has 0 aromatic rings. The van der Waals surface area contributed by atoms with Gasteiger partial charge in [0.25, 0.3) is 0 Å². The maximum Gasteiger partial charge on any atom is 0.195 e. The van der Waals surface area contributed by atoms with Crippen LogP contribution in [0.25, 0.3) is 0 Å². The quantitative estimate of drug-likeness (QED) is 0.461. The van der Waals surface area contributed by atoms with E-state index < -0.39 is 0 Å². The van der Waals surface area contributed by atoms with Gasteiger partial charge in [-0.15, -0.1) is 0 Å². The number of halogens is 1. The predicted octanol–water partition coefficient (Wildman–Crippen LogP) is -0.863. The molecule has 0 unspecified atom stereocenters. The summed E-state index contributed by atoms with van der Waals surface area (Å²) in [7, 11) is 0. The van der Waals surface area contributed by atoms with E-state index >= 15 is 0 Å². The average molecular weight is 280 g/mol. The van der Waals surface area contributed by atoms with Crippen LogP contribution in [0.4, 0.5) is 0 Å². The average Bonchev–Trinajstić information content (AvgIpc) is 2.34. The molecule has 1 aliphatic rings. The zero-order valence-electron chi connectivity index (χ0n) is 8.16. The Morgan fingerprint density at radius 1 is 1.08 bits per heavy atom. The summed E-state index contributed by atoms with van der Waals surface area (Å²) in [6, 6.07) is 1.16. The van der Waals surface area contributed by atoms with Crippen LogP contribution in [0, 0.1) is 0 Å². The van der Waals surface area contributed by atoms with Crippen LogP contribution in [0.15, 0.2) is 17.4 Å². The Balaban J connectivity index is 0.00000121. The molecule has 0 radical (unpaired) electrons. The summed E-state index contributed by atoms with van der Waals surface area (Å²) in [5.74, 6) is 0. The summed E-state index contributed by atoms with van der Waals surface area (Å²) in [6.07, 6.45) is 6.07. The number of hydrogen-bond donors (Lipinski definition) is 0. The van der Waals surface area contributed by atoms with E-state index in [2.05, 4.69) is 38.9 Å². The van der Waals surface area contributed by atoms with Gasteiger partial charge in [-0.05, 0) is 27.7 Å². The Morgan fingerprint density at radius 2 is 1.58 bits per heavy atom.